The van der Waals surface area contributed by atoms with Crippen molar-refractivity contribution in [2.75, 3.05) is 30.4 Å². The second-order valence-corrected chi connectivity index (χ2v) is 8.41. The summed E-state index contributed by atoms with van der Waals surface area (Å²) in [5, 5.41) is 6.31. The molecule has 0 bridgehead atoms. The van der Waals surface area contributed by atoms with Gasteiger partial charge in [-0.3, -0.25) is 9.59 Å². The number of thioether (sulfide) groups is 1. The van der Waals surface area contributed by atoms with Crippen LogP contribution in [0.15, 0.2) is 24.3 Å². The molecule has 1 unspecified atom stereocenters. The Bertz CT molecular complexity index is 614. The fourth-order valence-electron chi connectivity index (χ4n) is 3.72. The van der Waals surface area contributed by atoms with E-state index in [-0.39, 0.29) is 30.3 Å². The number of halogens is 1. The average Bonchev–Trinajstić information content (AvgIpc) is 2.69. The fraction of sp³-hybridized carbons (Fsp3) is 0.600. The van der Waals surface area contributed by atoms with Crippen molar-refractivity contribution in [1.82, 2.24) is 10.2 Å². The molecule has 2 N–H and O–H groups in total. The zero-order valence-electron chi connectivity index (χ0n) is 15.9. The van der Waals surface area contributed by atoms with Crippen molar-refractivity contribution < 1.29 is 9.59 Å². The molecule has 2 fully saturated rings. The minimum Gasteiger partial charge on any atom is -0.339 e. The van der Waals surface area contributed by atoms with E-state index in [4.69, 9.17) is 0 Å². The number of carbonyl (C=O) groups is 2. The Morgan fingerprint density at radius 2 is 1.89 bits per heavy atom. The standard InChI is InChI=1S/C20H29N3O2S.ClH/c1-23(18-5-3-2-4-6-18)20(25)15-7-9-16(10-8-15)22-19(24)13-17-14-26-12-11-21-17;/h7-10,17-18,21H,2-6,11-14H2,1H3,(H,22,24);1H. The molecule has 1 atom stereocenters. The normalized spacial score (nSPS) is 20.4. The second kappa shape index (κ2) is 10.9. The first-order valence-corrected chi connectivity index (χ1v) is 10.8. The number of amides is 2. The maximum absolute atomic E-state index is 12.7. The second-order valence-electron chi connectivity index (χ2n) is 7.26. The first-order valence-electron chi connectivity index (χ1n) is 9.61. The molecule has 1 aromatic carbocycles. The van der Waals surface area contributed by atoms with Crippen LogP contribution in [-0.2, 0) is 4.79 Å². The van der Waals surface area contributed by atoms with Gasteiger partial charge in [0.05, 0.1) is 0 Å². The van der Waals surface area contributed by atoms with E-state index in [9.17, 15) is 9.59 Å². The molecule has 2 amide bonds. The van der Waals surface area contributed by atoms with E-state index in [2.05, 4.69) is 10.6 Å². The van der Waals surface area contributed by atoms with Crippen LogP contribution in [0.4, 0.5) is 5.69 Å². The van der Waals surface area contributed by atoms with Gasteiger partial charge in [-0.25, -0.2) is 0 Å². The van der Waals surface area contributed by atoms with Crippen LogP contribution >= 0.6 is 24.2 Å². The van der Waals surface area contributed by atoms with Crippen molar-refractivity contribution >= 4 is 41.7 Å². The molecule has 1 saturated carbocycles. The van der Waals surface area contributed by atoms with E-state index in [0.717, 1.165) is 36.6 Å². The molecule has 5 nitrogen and oxygen atoms in total. The monoisotopic (exact) mass is 411 g/mol. The largest absolute Gasteiger partial charge is 0.339 e. The van der Waals surface area contributed by atoms with E-state index >= 15 is 0 Å². The predicted molar refractivity (Wildman–Crippen MR) is 115 cm³/mol. The molecule has 7 heteroatoms. The Balaban J connectivity index is 0.00000261. The highest BCUT2D eigenvalue weighted by Gasteiger charge is 2.23. The summed E-state index contributed by atoms with van der Waals surface area (Å²) >= 11 is 1.89. The van der Waals surface area contributed by atoms with Crippen LogP contribution in [0.1, 0.15) is 48.9 Å². The number of hydrogen-bond donors (Lipinski definition) is 2. The van der Waals surface area contributed by atoms with E-state index < -0.39 is 0 Å². The lowest BCUT2D eigenvalue weighted by Crippen LogP contribution is -2.39. The van der Waals surface area contributed by atoms with Gasteiger partial charge >= 0.3 is 0 Å². The number of benzene rings is 1. The van der Waals surface area contributed by atoms with Crippen molar-refractivity contribution in [2.24, 2.45) is 0 Å². The molecule has 150 valence electrons. The SMILES string of the molecule is CN(C(=O)c1ccc(NC(=O)CC2CSCCN2)cc1)C1CCCCC1.Cl. The molecule has 3 rings (SSSR count). The predicted octanol–water partition coefficient (Wildman–Crippen LogP) is 3.55. The summed E-state index contributed by atoms with van der Waals surface area (Å²) in [7, 11) is 1.91. The van der Waals surface area contributed by atoms with Crippen LogP contribution in [0.5, 0.6) is 0 Å². The van der Waals surface area contributed by atoms with Crippen LogP contribution in [0.2, 0.25) is 0 Å². The lowest BCUT2D eigenvalue weighted by atomic mass is 9.94. The molecule has 1 aliphatic carbocycles. The maximum Gasteiger partial charge on any atom is 0.253 e. The zero-order valence-corrected chi connectivity index (χ0v) is 17.5. The maximum atomic E-state index is 12.7. The Hall–Kier alpha value is -1.24. The van der Waals surface area contributed by atoms with Gasteiger partial charge < -0.3 is 15.5 Å². The lowest BCUT2D eigenvalue weighted by molar-refractivity contribution is -0.116. The number of rotatable bonds is 5. The highest BCUT2D eigenvalue weighted by molar-refractivity contribution is 7.99. The van der Waals surface area contributed by atoms with Crippen molar-refractivity contribution in [3.63, 3.8) is 0 Å². The molecule has 1 aliphatic heterocycles. The van der Waals surface area contributed by atoms with Crippen molar-refractivity contribution in [3.8, 4) is 0 Å². The molecular formula is C20H30ClN3O2S. The molecule has 27 heavy (non-hydrogen) atoms. The molecule has 2 aliphatic rings. The summed E-state index contributed by atoms with van der Waals surface area (Å²) in [6, 6.07) is 7.87. The third-order valence-electron chi connectivity index (χ3n) is 5.29. The van der Waals surface area contributed by atoms with Crippen LogP contribution in [0.25, 0.3) is 0 Å². The van der Waals surface area contributed by atoms with Crippen LogP contribution < -0.4 is 10.6 Å². The van der Waals surface area contributed by atoms with Crippen molar-refractivity contribution in [3.05, 3.63) is 29.8 Å². The molecule has 0 spiro atoms. The van der Waals surface area contributed by atoms with Gasteiger partial charge in [-0.05, 0) is 37.1 Å². The van der Waals surface area contributed by atoms with Crippen LogP contribution in [0.3, 0.4) is 0 Å². The van der Waals surface area contributed by atoms with Crippen molar-refractivity contribution in [1.29, 1.82) is 0 Å². The summed E-state index contributed by atoms with van der Waals surface area (Å²) in [4.78, 5) is 26.7. The topological polar surface area (TPSA) is 61.4 Å². The summed E-state index contributed by atoms with van der Waals surface area (Å²) in [5.41, 5.74) is 1.43. The number of hydrogen-bond acceptors (Lipinski definition) is 4. The van der Waals surface area contributed by atoms with E-state index in [1.54, 1.807) is 0 Å². The number of anilines is 1. The van der Waals surface area contributed by atoms with E-state index in [1.165, 1.54) is 19.3 Å². The third-order valence-corrected chi connectivity index (χ3v) is 6.42. The van der Waals surface area contributed by atoms with E-state index in [0.29, 0.717) is 18.0 Å². The minimum absolute atomic E-state index is 0. The third kappa shape index (κ3) is 6.40. The van der Waals surface area contributed by atoms with Gasteiger partial charge in [0.1, 0.15) is 0 Å². The first-order chi connectivity index (χ1) is 12.6. The smallest absolute Gasteiger partial charge is 0.253 e. The van der Waals surface area contributed by atoms with E-state index in [1.807, 2.05) is 48.0 Å². The summed E-state index contributed by atoms with van der Waals surface area (Å²) in [5.74, 6) is 2.18. The molecule has 0 radical (unpaired) electrons. The van der Waals surface area contributed by atoms with Gasteiger partial charge in [0.15, 0.2) is 0 Å². The van der Waals surface area contributed by atoms with Crippen molar-refractivity contribution in [2.45, 2.75) is 50.6 Å². The fourth-order valence-corrected chi connectivity index (χ4v) is 4.67. The molecule has 1 aromatic rings. The van der Waals surface area contributed by atoms with Crippen LogP contribution in [0, 0.1) is 0 Å². The minimum atomic E-state index is 0. The van der Waals surface area contributed by atoms with Gasteiger partial charge in [-0.2, -0.15) is 11.8 Å². The number of nitrogens with one attached hydrogen (secondary N) is 2. The highest BCUT2D eigenvalue weighted by atomic mass is 35.5. The summed E-state index contributed by atoms with van der Waals surface area (Å²) in [6.45, 7) is 0.966. The molecule has 1 saturated heterocycles. The first kappa shape index (κ1) is 22.1. The van der Waals surface area contributed by atoms with Crippen LogP contribution in [-0.4, -0.2) is 53.9 Å². The van der Waals surface area contributed by atoms with Gasteiger partial charge in [0.2, 0.25) is 5.91 Å². The van der Waals surface area contributed by atoms with Gasteiger partial charge in [0.25, 0.3) is 5.91 Å². The molecular weight excluding hydrogens is 382 g/mol. The zero-order chi connectivity index (χ0) is 18.4. The number of carbonyl (C=O) groups excluding carboxylic acids is 2. The molecule has 1 heterocycles. The lowest BCUT2D eigenvalue weighted by Gasteiger charge is -2.31. The van der Waals surface area contributed by atoms with Gasteiger partial charge in [-0.15, -0.1) is 12.4 Å². The summed E-state index contributed by atoms with van der Waals surface area (Å²) in [6.07, 6.45) is 6.39. The van der Waals surface area contributed by atoms with Gasteiger partial charge in [-0.1, -0.05) is 19.3 Å². The van der Waals surface area contributed by atoms with Gasteiger partial charge in [0, 0.05) is 54.9 Å². The Morgan fingerprint density at radius 1 is 1.19 bits per heavy atom. The summed E-state index contributed by atoms with van der Waals surface area (Å²) < 4.78 is 0. The Kier molecular flexibility index (Phi) is 8.93. The Labute approximate surface area is 172 Å². The highest BCUT2D eigenvalue weighted by Crippen LogP contribution is 2.23. The Morgan fingerprint density at radius 3 is 2.52 bits per heavy atom. The number of nitrogens with zero attached hydrogens (tertiary/aromatic N) is 1. The average molecular weight is 412 g/mol. The molecule has 0 aromatic heterocycles. The quantitative estimate of drug-likeness (QED) is 0.777.